The minimum absolute atomic E-state index is 0.140. The number of allylic oxidation sites excluding steroid dienone is 1. The van der Waals surface area contributed by atoms with Crippen LogP contribution in [0.5, 0.6) is 0 Å². The first kappa shape index (κ1) is 20.9. The van der Waals surface area contributed by atoms with Gasteiger partial charge in [0.15, 0.2) is 11.0 Å². The minimum Gasteiger partial charge on any atom is -0.323 e. The fraction of sp³-hybridized carbons (Fsp3) is 0.0952. The molecule has 0 spiro atoms. The lowest BCUT2D eigenvalue weighted by Crippen LogP contribution is -2.15. The fourth-order valence-electron chi connectivity index (χ4n) is 2.96. The highest BCUT2D eigenvalue weighted by atomic mass is 35.5. The van der Waals surface area contributed by atoms with Crippen molar-refractivity contribution < 1.29 is 4.79 Å². The van der Waals surface area contributed by atoms with E-state index in [1.54, 1.807) is 35.6 Å². The van der Waals surface area contributed by atoms with Gasteiger partial charge in [-0.05, 0) is 18.2 Å². The van der Waals surface area contributed by atoms with E-state index in [1.807, 2.05) is 16.7 Å². The quantitative estimate of drug-likeness (QED) is 0.249. The molecule has 0 unspecified atom stereocenters. The normalized spacial score (nSPS) is 11.0. The number of thioether (sulfide) groups is 1. The molecule has 0 aliphatic heterocycles. The second-order valence-electron chi connectivity index (χ2n) is 6.28. The highest BCUT2D eigenvalue weighted by Crippen LogP contribution is 2.35. The topological polar surface area (TPSA) is 59.8 Å². The number of rotatable bonds is 7. The number of halogens is 2. The second-order valence-corrected chi connectivity index (χ2v) is 8.95. The Labute approximate surface area is 191 Å². The van der Waals surface area contributed by atoms with E-state index in [1.165, 1.54) is 16.5 Å². The lowest BCUT2D eigenvalue weighted by atomic mass is 10.1. The molecule has 2 heterocycles. The van der Waals surface area contributed by atoms with Crippen LogP contribution in [0.2, 0.25) is 10.0 Å². The van der Waals surface area contributed by atoms with Crippen LogP contribution >= 0.6 is 46.3 Å². The van der Waals surface area contributed by atoms with Gasteiger partial charge in [-0.3, -0.25) is 9.36 Å². The summed E-state index contributed by atoms with van der Waals surface area (Å²) in [5, 5.41) is 16.1. The van der Waals surface area contributed by atoms with Crippen LogP contribution in [0.1, 0.15) is 0 Å². The van der Waals surface area contributed by atoms with Crippen LogP contribution in [0.25, 0.3) is 21.5 Å². The van der Waals surface area contributed by atoms with Gasteiger partial charge in [-0.15, -0.1) is 28.1 Å². The summed E-state index contributed by atoms with van der Waals surface area (Å²) in [5.74, 6) is 0.663. The van der Waals surface area contributed by atoms with Crippen molar-refractivity contribution in [1.29, 1.82) is 0 Å². The molecule has 152 valence electrons. The van der Waals surface area contributed by atoms with Gasteiger partial charge >= 0.3 is 0 Å². The molecule has 5 nitrogen and oxygen atoms in total. The van der Waals surface area contributed by atoms with Gasteiger partial charge in [0.1, 0.15) is 0 Å². The number of hydrogen-bond acceptors (Lipinski definition) is 5. The first-order valence-electron chi connectivity index (χ1n) is 8.96. The van der Waals surface area contributed by atoms with Crippen molar-refractivity contribution in [2.45, 2.75) is 11.7 Å². The molecule has 0 fully saturated rings. The molecular weight excluding hydrogens is 459 g/mol. The standard InChI is InChI=1S/C21H16Cl2N4OS2/c1-2-10-27-20(14-11-29-17-9-4-3-6-13(14)17)25-26-21(27)30-12-18(28)24-19-15(22)7-5-8-16(19)23/h2-9,11H,1,10,12H2,(H,24,28). The number of benzene rings is 2. The molecule has 0 aliphatic rings. The predicted octanol–water partition coefficient (Wildman–Crippen LogP) is 6.38. The molecule has 0 aliphatic carbocycles. The number of nitrogens with zero attached hydrogens (tertiary/aromatic N) is 3. The van der Waals surface area contributed by atoms with Crippen LogP contribution in [0, 0.1) is 0 Å². The molecule has 1 amide bonds. The van der Waals surface area contributed by atoms with Gasteiger partial charge in [0.05, 0.1) is 21.5 Å². The molecule has 2 aromatic heterocycles. The Balaban J connectivity index is 1.55. The minimum atomic E-state index is -0.231. The summed E-state index contributed by atoms with van der Waals surface area (Å²) in [6.45, 7) is 4.37. The first-order valence-corrected chi connectivity index (χ1v) is 11.6. The van der Waals surface area contributed by atoms with Crippen LogP contribution < -0.4 is 5.32 Å². The van der Waals surface area contributed by atoms with Crippen molar-refractivity contribution >= 4 is 68.0 Å². The number of fused-ring (bicyclic) bond motifs is 1. The van der Waals surface area contributed by atoms with Crippen LogP contribution in [-0.4, -0.2) is 26.4 Å². The van der Waals surface area contributed by atoms with Gasteiger partial charge in [-0.1, -0.05) is 65.3 Å². The number of amides is 1. The van der Waals surface area contributed by atoms with Gasteiger partial charge in [-0.2, -0.15) is 0 Å². The molecule has 0 bridgehead atoms. The number of carbonyl (C=O) groups excluding carboxylic acids is 1. The third kappa shape index (κ3) is 4.25. The number of nitrogens with one attached hydrogen (secondary N) is 1. The molecule has 4 rings (SSSR count). The Hall–Kier alpha value is -2.32. The average molecular weight is 475 g/mol. The van der Waals surface area contributed by atoms with E-state index in [4.69, 9.17) is 23.2 Å². The maximum Gasteiger partial charge on any atom is 0.234 e. The molecule has 30 heavy (non-hydrogen) atoms. The van der Waals surface area contributed by atoms with Gasteiger partial charge in [0, 0.05) is 27.6 Å². The largest absolute Gasteiger partial charge is 0.323 e. The van der Waals surface area contributed by atoms with Crippen molar-refractivity contribution in [3.05, 3.63) is 70.5 Å². The van der Waals surface area contributed by atoms with E-state index in [9.17, 15) is 4.79 Å². The molecule has 9 heteroatoms. The van der Waals surface area contributed by atoms with E-state index in [0.29, 0.717) is 27.4 Å². The Morgan fingerprint density at radius 3 is 2.70 bits per heavy atom. The monoisotopic (exact) mass is 474 g/mol. The summed E-state index contributed by atoms with van der Waals surface area (Å²) in [7, 11) is 0. The number of para-hydroxylation sites is 1. The van der Waals surface area contributed by atoms with Crippen molar-refractivity contribution in [3.63, 3.8) is 0 Å². The summed E-state index contributed by atoms with van der Waals surface area (Å²) in [4.78, 5) is 12.4. The zero-order valence-corrected chi connectivity index (χ0v) is 18.8. The van der Waals surface area contributed by atoms with E-state index in [0.717, 1.165) is 16.8 Å². The fourth-order valence-corrected chi connectivity index (χ4v) is 5.14. The SMILES string of the molecule is C=CCn1c(SCC(=O)Nc2c(Cl)cccc2Cl)nnc1-c1csc2ccccc12. The predicted molar refractivity (Wildman–Crippen MR) is 127 cm³/mol. The molecule has 0 saturated heterocycles. The summed E-state index contributed by atoms with van der Waals surface area (Å²) in [6.07, 6.45) is 1.79. The third-order valence-corrected chi connectivity index (χ3v) is 6.87. The Bertz CT molecular complexity index is 1210. The molecule has 0 atom stereocenters. The summed E-state index contributed by atoms with van der Waals surface area (Å²) in [5.41, 5.74) is 1.42. The summed E-state index contributed by atoms with van der Waals surface area (Å²) in [6, 6.07) is 13.2. The zero-order valence-electron chi connectivity index (χ0n) is 15.6. The van der Waals surface area contributed by atoms with E-state index >= 15 is 0 Å². The Kier molecular flexibility index (Phi) is 6.43. The number of thiophene rings is 1. The number of carbonyl (C=O) groups is 1. The van der Waals surface area contributed by atoms with Crippen LogP contribution in [0.4, 0.5) is 5.69 Å². The molecule has 0 saturated carbocycles. The second kappa shape index (κ2) is 9.22. The number of anilines is 1. The molecule has 2 aromatic carbocycles. The number of aromatic nitrogens is 3. The average Bonchev–Trinajstić information content (AvgIpc) is 3.33. The molecular formula is C21H16Cl2N4OS2. The van der Waals surface area contributed by atoms with Gasteiger partial charge < -0.3 is 5.32 Å². The molecule has 0 radical (unpaired) electrons. The van der Waals surface area contributed by atoms with Crippen LogP contribution in [0.3, 0.4) is 0 Å². The van der Waals surface area contributed by atoms with Crippen LogP contribution in [-0.2, 0) is 11.3 Å². The van der Waals surface area contributed by atoms with Crippen molar-refractivity contribution in [2.75, 3.05) is 11.1 Å². The highest BCUT2D eigenvalue weighted by molar-refractivity contribution is 7.99. The molecule has 1 N–H and O–H groups in total. The van der Waals surface area contributed by atoms with Gasteiger partial charge in [-0.25, -0.2) is 0 Å². The van der Waals surface area contributed by atoms with Crippen molar-refractivity contribution in [1.82, 2.24) is 14.8 Å². The van der Waals surface area contributed by atoms with Crippen LogP contribution in [0.15, 0.2) is 65.7 Å². The number of hydrogen-bond donors (Lipinski definition) is 1. The Morgan fingerprint density at radius 2 is 1.93 bits per heavy atom. The van der Waals surface area contributed by atoms with E-state index < -0.39 is 0 Å². The van der Waals surface area contributed by atoms with Gasteiger partial charge in [0.2, 0.25) is 5.91 Å². The summed E-state index contributed by atoms with van der Waals surface area (Å²) < 4.78 is 3.15. The van der Waals surface area contributed by atoms with Gasteiger partial charge in [0.25, 0.3) is 0 Å². The van der Waals surface area contributed by atoms with Crippen molar-refractivity contribution in [3.8, 4) is 11.4 Å². The smallest absolute Gasteiger partial charge is 0.234 e. The lowest BCUT2D eigenvalue weighted by Gasteiger charge is -2.10. The Morgan fingerprint density at radius 1 is 1.17 bits per heavy atom. The lowest BCUT2D eigenvalue weighted by molar-refractivity contribution is -0.113. The van der Waals surface area contributed by atoms with E-state index in [-0.39, 0.29) is 11.7 Å². The molecule has 4 aromatic rings. The third-order valence-electron chi connectivity index (χ3n) is 4.31. The maximum atomic E-state index is 12.4. The van der Waals surface area contributed by atoms with Crippen molar-refractivity contribution in [2.24, 2.45) is 0 Å². The first-order chi connectivity index (χ1) is 14.6. The maximum absolute atomic E-state index is 12.4. The highest BCUT2D eigenvalue weighted by Gasteiger charge is 2.18. The summed E-state index contributed by atoms with van der Waals surface area (Å²) >= 11 is 15.2. The zero-order chi connectivity index (χ0) is 21.1. The van der Waals surface area contributed by atoms with E-state index in [2.05, 4.69) is 39.6 Å².